The molecule has 0 aliphatic carbocycles. The third kappa shape index (κ3) is 4.42. The van der Waals surface area contributed by atoms with Crippen molar-refractivity contribution in [2.24, 2.45) is 0 Å². The third-order valence-corrected chi connectivity index (χ3v) is 3.98. The van der Waals surface area contributed by atoms with E-state index in [1.807, 2.05) is 65.4 Å². The molecule has 0 aliphatic heterocycles. The average Bonchev–Trinajstić information content (AvgIpc) is 2.94. The highest BCUT2D eigenvalue weighted by molar-refractivity contribution is 7.12. The van der Waals surface area contributed by atoms with Crippen LogP contribution in [0.5, 0.6) is 5.75 Å². The van der Waals surface area contributed by atoms with E-state index >= 15 is 0 Å². The molecule has 2 rings (SSSR count). The summed E-state index contributed by atoms with van der Waals surface area (Å²) in [6, 6.07) is 7.26. The Hall–Kier alpha value is -1.65. The van der Waals surface area contributed by atoms with Gasteiger partial charge in [0.05, 0.1) is 4.88 Å². The molecule has 2 N–H and O–H groups in total. The number of nitrogens with one attached hydrogen (secondary N) is 1. The number of aryl methyl sites for hydroxylation is 1. The van der Waals surface area contributed by atoms with Gasteiger partial charge in [-0.25, -0.2) is 0 Å². The third-order valence-electron chi connectivity index (χ3n) is 3.12. The van der Waals surface area contributed by atoms with E-state index in [2.05, 4.69) is 5.32 Å². The first-order chi connectivity index (χ1) is 10.2. The first-order valence-electron chi connectivity index (χ1n) is 7.23. The quantitative estimate of drug-likeness (QED) is 0.818. The molecule has 4 heteroatoms. The second kappa shape index (κ2) is 7.56. The van der Waals surface area contributed by atoms with E-state index in [0.717, 1.165) is 16.0 Å². The second-order valence-corrected chi connectivity index (χ2v) is 7.19. The summed E-state index contributed by atoms with van der Waals surface area (Å²) in [5.74, 6) is 0.304. The van der Waals surface area contributed by atoms with Gasteiger partial charge < -0.3 is 10.4 Å². The molecule has 2 aromatic rings. The number of rotatable bonds is 2. The Labute approximate surface area is 137 Å². The summed E-state index contributed by atoms with van der Waals surface area (Å²) >= 11 is 1.44. The van der Waals surface area contributed by atoms with E-state index in [1.54, 1.807) is 6.07 Å². The Morgan fingerprint density at radius 1 is 1.23 bits per heavy atom. The van der Waals surface area contributed by atoms with Gasteiger partial charge >= 0.3 is 0 Å². The minimum Gasteiger partial charge on any atom is -0.507 e. The van der Waals surface area contributed by atoms with Gasteiger partial charge in [-0.1, -0.05) is 26.8 Å². The summed E-state index contributed by atoms with van der Waals surface area (Å²) in [6.45, 7) is 7.92. The van der Waals surface area contributed by atoms with Crippen molar-refractivity contribution in [3.05, 3.63) is 51.2 Å². The Morgan fingerprint density at radius 2 is 1.82 bits per heavy atom. The van der Waals surface area contributed by atoms with Crippen LogP contribution in [0.25, 0.3) is 0 Å². The van der Waals surface area contributed by atoms with Crippen molar-refractivity contribution in [3.8, 4) is 5.75 Å². The van der Waals surface area contributed by atoms with Gasteiger partial charge in [0.15, 0.2) is 0 Å². The molecule has 1 aromatic heterocycles. The fourth-order valence-electron chi connectivity index (χ4n) is 2.03. The molecule has 0 saturated carbocycles. The number of hydrogen-bond acceptors (Lipinski definition) is 4. The number of carbonyl (C=O) groups excluding carboxylic acids is 1. The molecule has 0 amide bonds. The van der Waals surface area contributed by atoms with E-state index in [0.29, 0.717) is 5.56 Å². The van der Waals surface area contributed by atoms with Crippen molar-refractivity contribution in [2.45, 2.75) is 33.1 Å². The number of benzene rings is 1. The SMILES string of the molecule is CNC.Cc1cc(C(=O)c2cccs2)cc(C(C)(C)C)c1O. The van der Waals surface area contributed by atoms with Crippen molar-refractivity contribution < 1.29 is 9.90 Å². The van der Waals surface area contributed by atoms with Crippen LogP contribution in [0.3, 0.4) is 0 Å². The van der Waals surface area contributed by atoms with E-state index in [-0.39, 0.29) is 16.9 Å². The second-order valence-electron chi connectivity index (χ2n) is 6.25. The number of ketones is 1. The first-order valence-corrected chi connectivity index (χ1v) is 8.11. The Kier molecular flexibility index (Phi) is 6.33. The fraction of sp³-hybridized carbons (Fsp3) is 0.389. The predicted octanol–water partition coefficient (Wildman–Crippen LogP) is 4.13. The lowest BCUT2D eigenvalue weighted by Gasteiger charge is -2.22. The van der Waals surface area contributed by atoms with Crippen LogP contribution in [0.1, 0.15) is 47.1 Å². The highest BCUT2D eigenvalue weighted by Crippen LogP contribution is 2.34. The van der Waals surface area contributed by atoms with Crippen molar-refractivity contribution in [1.29, 1.82) is 0 Å². The highest BCUT2D eigenvalue weighted by atomic mass is 32.1. The largest absolute Gasteiger partial charge is 0.507 e. The maximum Gasteiger partial charge on any atom is 0.202 e. The fourth-order valence-corrected chi connectivity index (χ4v) is 2.72. The predicted molar refractivity (Wildman–Crippen MR) is 94.3 cm³/mol. The van der Waals surface area contributed by atoms with Crippen LogP contribution in [-0.2, 0) is 5.41 Å². The maximum atomic E-state index is 12.4. The Balaban J connectivity index is 0.000000745. The summed E-state index contributed by atoms with van der Waals surface area (Å²) in [6.07, 6.45) is 0. The first kappa shape index (κ1) is 18.4. The zero-order chi connectivity index (χ0) is 16.9. The zero-order valence-electron chi connectivity index (χ0n) is 14.2. The number of phenolic OH excluding ortho intramolecular Hbond substituents is 1. The lowest BCUT2D eigenvalue weighted by atomic mass is 9.83. The highest BCUT2D eigenvalue weighted by Gasteiger charge is 2.22. The lowest BCUT2D eigenvalue weighted by Crippen LogP contribution is -2.13. The molecule has 0 spiro atoms. The molecule has 3 nitrogen and oxygen atoms in total. The number of thiophene rings is 1. The van der Waals surface area contributed by atoms with Crippen molar-refractivity contribution in [3.63, 3.8) is 0 Å². The molecule has 0 saturated heterocycles. The summed E-state index contributed by atoms with van der Waals surface area (Å²) in [4.78, 5) is 13.1. The number of hydrogen-bond donors (Lipinski definition) is 2. The van der Waals surface area contributed by atoms with E-state index in [1.165, 1.54) is 11.3 Å². The van der Waals surface area contributed by atoms with Gasteiger partial charge in [-0.2, -0.15) is 0 Å². The number of phenols is 1. The van der Waals surface area contributed by atoms with Gasteiger partial charge in [-0.3, -0.25) is 4.79 Å². The summed E-state index contributed by atoms with van der Waals surface area (Å²) in [7, 11) is 3.75. The molecule has 0 unspecified atom stereocenters. The van der Waals surface area contributed by atoms with E-state index in [9.17, 15) is 9.90 Å². The molecule has 1 aromatic carbocycles. The minimum atomic E-state index is -0.194. The van der Waals surface area contributed by atoms with Crippen LogP contribution in [0.15, 0.2) is 29.6 Å². The summed E-state index contributed by atoms with van der Waals surface area (Å²) in [5, 5.41) is 14.8. The van der Waals surface area contributed by atoms with Crippen LogP contribution < -0.4 is 5.32 Å². The smallest absolute Gasteiger partial charge is 0.202 e. The van der Waals surface area contributed by atoms with Crippen LogP contribution >= 0.6 is 11.3 Å². The van der Waals surface area contributed by atoms with Crippen molar-refractivity contribution in [2.75, 3.05) is 14.1 Å². The molecule has 0 bridgehead atoms. The monoisotopic (exact) mass is 319 g/mol. The summed E-state index contributed by atoms with van der Waals surface area (Å²) < 4.78 is 0. The Bertz CT molecular complexity index is 625. The molecule has 0 atom stereocenters. The standard InChI is InChI=1S/C16H18O2S.C2H7N/c1-10-8-11(15(18)13-6-5-7-19-13)9-12(14(10)17)16(2,3)4;1-3-2/h5-9,17H,1-4H3;3H,1-2H3. The normalized spacial score (nSPS) is 10.8. The number of aromatic hydroxyl groups is 1. The van der Waals surface area contributed by atoms with Crippen LogP contribution in [-0.4, -0.2) is 25.0 Å². The van der Waals surface area contributed by atoms with Gasteiger partial charge in [0, 0.05) is 11.1 Å². The van der Waals surface area contributed by atoms with Crippen LogP contribution in [0, 0.1) is 6.92 Å². The number of carbonyl (C=O) groups is 1. The van der Waals surface area contributed by atoms with Gasteiger partial charge in [0.25, 0.3) is 0 Å². The minimum absolute atomic E-state index is 0.0172. The molecule has 0 radical (unpaired) electrons. The van der Waals surface area contributed by atoms with Crippen LogP contribution in [0.4, 0.5) is 0 Å². The van der Waals surface area contributed by atoms with Crippen molar-refractivity contribution >= 4 is 17.1 Å². The molecule has 0 fully saturated rings. The lowest BCUT2D eigenvalue weighted by molar-refractivity contribution is 0.104. The molecule has 120 valence electrons. The Morgan fingerprint density at radius 3 is 2.27 bits per heavy atom. The van der Waals surface area contributed by atoms with Gasteiger partial charge in [-0.15, -0.1) is 11.3 Å². The van der Waals surface area contributed by atoms with Gasteiger partial charge in [0.2, 0.25) is 5.78 Å². The zero-order valence-corrected chi connectivity index (χ0v) is 15.0. The van der Waals surface area contributed by atoms with E-state index in [4.69, 9.17) is 0 Å². The molecule has 0 aliphatic rings. The summed E-state index contributed by atoms with van der Waals surface area (Å²) in [5.41, 5.74) is 2.00. The molecule has 1 heterocycles. The van der Waals surface area contributed by atoms with Crippen molar-refractivity contribution in [1.82, 2.24) is 5.32 Å². The molecule has 22 heavy (non-hydrogen) atoms. The van der Waals surface area contributed by atoms with Gasteiger partial charge in [-0.05, 0) is 55.6 Å². The van der Waals surface area contributed by atoms with Gasteiger partial charge in [0.1, 0.15) is 5.75 Å². The molecular weight excluding hydrogens is 294 g/mol. The average molecular weight is 319 g/mol. The maximum absolute atomic E-state index is 12.4. The van der Waals surface area contributed by atoms with E-state index < -0.39 is 0 Å². The molecular formula is C18H25NO2S. The van der Waals surface area contributed by atoms with Crippen LogP contribution in [0.2, 0.25) is 0 Å². The topological polar surface area (TPSA) is 49.3 Å².